The lowest BCUT2D eigenvalue weighted by atomic mass is 10.0. The molecule has 112 valence electrons. The van der Waals surface area contributed by atoms with E-state index in [1.807, 2.05) is 35.8 Å². The number of nitrogens with zero attached hydrogens (tertiary/aromatic N) is 2. The van der Waals surface area contributed by atoms with Crippen LogP contribution in [0.4, 0.5) is 0 Å². The van der Waals surface area contributed by atoms with Gasteiger partial charge < -0.3 is 4.98 Å². The first-order chi connectivity index (χ1) is 11.2. The van der Waals surface area contributed by atoms with Gasteiger partial charge in [0.15, 0.2) is 5.82 Å². The van der Waals surface area contributed by atoms with Crippen LogP contribution in [0.1, 0.15) is 11.1 Å². The van der Waals surface area contributed by atoms with E-state index in [-0.39, 0.29) is 5.56 Å². The summed E-state index contributed by atoms with van der Waals surface area (Å²) in [6.45, 7) is 2.65. The quantitative estimate of drug-likeness (QED) is 0.541. The van der Waals surface area contributed by atoms with E-state index in [1.54, 1.807) is 0 Å². The van der Waals surface area contributed by atoms with E-state index in [0.29, 0.717) is 6.54 Å². The lowest BCUT2D eigenvalue weighted by molar-refractivity contribution is 0.653. The fraction of sp³-hybridized carbons (Fsp3) is 0.158. The molecule has 1 N–H and O–H groups in total. The molecule has 4 nitrogen and oxygen atoms in total. The van der Waals surface area contributed by atoms with Gasteiger partial charge in [0.1, 0.15) is 0 Å². The van der Waals surface area contributed by atoms with Crippen LogP contribution in [-0.2, 0) is 13.0 Å². The van der Waals surface area contributed by atoms with Crippen molar-refractivity contribution in [3.8, 4) is 11.5 Å². The lowest BCUT2D eigenvalue weighted by Gasteiger charge is -2.19. The Morgan fingerprint density at radius 2 is 2.00 bits per heavy atom. The molecule has 1 aliphatic heterocycles. The SMILES string of the molecule is Cc1cccc2nc3n(c(=O)c12)CCc1c-3[nH]c2ccccc12. The zero-order chi connectivity index (χ0) is 15.6. The van der Waals surface area contributed by atoms with Gasteiger partial charge in [-0.2, -0.15) is 0 Å². The molecule has 4 heteroatoms. The first-order valence-corrected chi connectivity index (χ1v) is 7.84. The van der Waals surface area contributed by atoms with Crippen molar-refractivity contribution in [3.63, 3.8) is 0 Å². The minimum Gasteiger partial charge on any atom is -0.352 e. The summed E-state index contributed by atoms with van der Waals surface area (Å²) in [5.74, 6) is 0.755. The summed E-state index contributed by atoms with van der Waals surface area (Å²) in [5.41, 5.74) is 5.17. The van der Waals surface area contributed by atoms with Crippen LogP contribution in [0, 0.1) is 6.92 Å². The number of benzene rings is 2. The maximum absolute atomic E-state index is 12.9. The minimum absolute atomic E-state index is 0.0624. The van der Waals surface area contributed by atoms with Crippen LogP contribution >= 0.6 is 0 Å². The number of hydrogen-bond donors (Lipinski definition) is 1. The smallest absolute Gasteiger partial charge is 0.261 e. The van der Waals surface area contributed by atoms with Crippen molar-refractivity contribution in [1.29, 1.82) is 0 Å². The minimum atomic E-state index is 0.0624. The molecule has 0 aliphatic carbocycles. The van der Waals surface area contributed by atoms with Gasteiger partial charge in [-0.15, -0.1) is 0 Å². The van der Waals surface area contributed by atoms with E-state index in [2.05, 4.69) is 23.2 Å². The molecule has 0 spiro atoms. The Kier molecular flexibility index (Phi) is 2.37. The van der Waals surface area contributed by atoms with Crippen molar-refractivity contribution < 1.29 is 0 Å². The normalized spacial score (nSPS) is 13.3. The molecule has 0 unspecified atom stereocenters. The summed E-state index contributed by atoms with van der Waals surface area (Å²) in [4.78, 5) is 21.2. The van der Waals surface area contributed by atoms with Crippen molar-refractivity contribution >= 4 is 21.8 Å². The van der Waals surface area contributed by atoms with Gasteiger partial charge in [-0.3, -0.25) is 9.36 Å². The van der Waals surface area contributed by atoms with Crippen molar-refractivity contribution in [3.05, 3.63) is 63.9 Å². The zero-order valence-electron chi connectivity index (χ0n) is 12.8. The van der Waals surface area contributed by atoms with Gasteiger partial charge in [-0.05, 0) is 36.6 Å². The molecule has 0 saturated heterocycles. The van der Waals surface area contributed by atoms with E-state index in [1.165, 1.54) is 10.9 Å². The standard InChI is InChI=1S/C19H15N3O/c1-11-5-4-8-15-16(11)19(23)22-10-9-13-12-6-2-3-7-14(12)20-17(13)18(22)21-15/h2-8,20H,9-10H2,1H3. The summed E-state index contributed by atoms with van der Waals surface area (Å²) in [7, 11) is 0. The van der Waals surface area contributed by atoms with Crippen molar-refractivity contribution in [2.45, 2.75) is 19.9 Å². The number of hydrogen-bond acceptors (Lipinski definition) is 2. The van der Waals surface area contributed by atoms with Crippen LogP contribution in [0.25, 0.3) is 33.3 Å². The van der Waals surface area contributed by atoms with Crippen LogP contribution in [0.15, 0.2) is 47.3 Å². The van der Waals surface area contributed by atoms with Crippen molar-refractivity contribution in [2.75, 3.05) is 0 Å². The third-order valence-corrected chi connectivity index (χ3v) is 4.81. The average Bonchev–Trinajstić information content (AvgIpc) is 2.94. The predicted octanol–water partition coefficient (Wildman–Crippen LogP) is 3.41. The molecule has 0 amide bonds. The molecule has 0 saturated carbocycles. The van der Waals surface area contributed by atoms with Gasteiger partial charge in [0.25, 0.3) is 5.56 Å². The van der Waals surface area contributed by atoms with E-state index in [0.717, 1.165) is 39.9 Å². The zero-order valence-corrected chi connectivity index (χ0v) is 12.8. The number of aromatic nitrogens is 3. The van der Waals surface area contributed by atoms with Gasteiger partial charge in [0.2, 0.25) is 0 Å². The largest absolute Gasteiger partial charge is 0.352 e. The molecular formula is C19H15N3O. The number of aromatic amines is 1. The van der Waals surface area contributed by atoms with Crippen molar-refractivity contribution in [2.24, 2.45) is 0 Å². The molecule has 2 aromatic heterocycles. The molecule has 1 aliphatic rings. The summed E-state index contributed by atoms with van der Waals surface area (Å²) in [5, 5.41) is 1.96. The highest BCUT2D eigenvalue weighted by Gasteiger charge is 2.24. The Hall–Kier alpha value is -2.88. The van der Waals surface area contributed by atoms with Crippen molar-refractivity contribution in [1.82, 2.24) is 14.5 Å². The molecule has 4 aromatic rings. The average molecular weight is 301 g/mol. The lowest BCUT2D eigenvalue weighted by Crippen LogP contribution is -2.27. The van der Waals surface area contributed by atoms with Gasteiger partial charge in [0, 0.05) is 17.4 Å². The number of nitrogens with one attached hydrogen (secondary N) is 1. The second kappa shape index (κ2) is 4.32. The molecule has 2 aromatic carbocycles. The first-order valence-electron chi connectivity index (χ1n) is 7.84. The summed E-state index contributed by atoms with van der Waals surface area (Å²) >= 11 is 0. The van der Waals surface area contributed by atoms with Crippen LogP contribution in [0.2, 0.25) is 0 Å². The fourth-order valence-electron chi connectivity index (χ4n) is 3.70. The molecule has 5 rings (SSSR count). The van der Waals surface area contributed by atoms with Gasteiger partial charge >= 0.3 is 0 Å². The molecule has 0 fully saturated rings. The maximum atomic E-state index is 12.9. The molecule has 0 bridgehead atoms. The van der Waals surface area contributed by atoms with E-state index in [4.69, 9.17) is 4.98 Å². The van der Waals surface area contributed by atoms with Crippen LogP contribution in [-0.4, -0.2) is 14.5 Å². The van der Waals surface area contributed by atoms with Crippen LogP contribution < -0.4 is 5.56 Å². The van der Waals surface area contributed by atoms with Gasteiger partial charge in [0.05, 0.1) is 16.6 Å². The maximum Gasteiger partial charge on any atom is 0.261 e. The summed E-state index contributed by atoms with van der Waals surface area (Å²) in [6, 6.07) is 14.1. The highest BCUT2D eigenvalue weighted by atomic mass is 16.1. The Balaban J connectivity index is 1.93. The first kappa shape index (κ1) is 12.6. The van der Waals surface area contributed by atoms with Gasteiger partial charge in [-0.25, -0.2) is 4.98 Å². The molecule has 23 heavy (non-hydrogen) atoms. The van der Waals surface area contributed by atoms with Crippen LogP contribution in [0.5, 0.6) is 0 Å². The second-order valence-corrected chi connectivity index (χ2v) is 6.14. The number of rotatable bonds is 0. The van der Waals surface area contributed by atoms with E-state index >= 15 is 0 Å². The highest BCUT2D eigenvalue weighted by molar-refractivity contribution is 5.91. The number of H-pyrrole nitrogens is 1. The second-order valence-electron chi connectivity index (χ2n) is 6.14. The molecule has 0 radical (unpaired) electrons. The summed E-state index contributed by atoms with van der Waals surface area (Å²) in [6.07, 6.45) is 0.853. The predicted molar refractivity (Wildman–Crippen MR) is 91.7 cm³/mol. The Morgan fingerprint density at radius 3 is 2.91 bits per heavy atom. The third-order valence-electron chi connectivity index (χ3n) is 4.81. The number of fused-ring (bicyclic) bond motifs is 6. The fourth-order valence-corrected chi connectivity index (χ4v) is 3.70. The Bertz CT molecular complexity index is 1150. The Morgan fingerprint density at radius 1 is 1.13 bits per heavy atom. The van der Waals surface area contributed by atoms with E-state index < -0.39 is 0 Å². The monoisotopic (exact) mass is 301 g/mol. The van der Waals surface area contributed by atoms with Gasteiger partial charge in [-0.1, -0.05) is 30.3 Å². The third kappa shape index (κ3) is 1.60. The Labute approximate surface area is 132 Å². The molecule has 0 atom stereocenters. The number of para-hydroxylation sites is 1. The summed E-state index contributed by atoms with van der Waals surface area (Å²) < 4.78 is 1.81. The molecular weight excluding hydrogens is 286 g/mol. The van der Waals surface area contributed by atoms with Crippen LogP contribution in [0.3, 0.4) is 0 Å². The van der Waals surface area contributed by atoms with E-state index in [9.17, 15) is 4.79 Å². The highest BCUT2D eigenvalue weighted by Crippen LogP contribution is 2.33. The molecule has 3 heterocycles. The number of aryl methyl sites for hydroxylation is 2. The topological polar surface area (TPSA) is 50.7 Å².